The van der Waals surface area contributed by atoms with Gasteiger partial charge in [-0.3, -0.25) is 5.32 Å². The maximum atomic E-state index is 9.11. The van der Waals surface area contributed by atoms with Gasteiger partial charge in [-0.05, 0) is 71.9 Å². The number of rotatable bonds is 2. The lowest BCUT2D eigenvalue weighted by Crippen LogP contribution is -2.39. The Morgan fingerprint density at radius 1 is 1.04 bits per heavy atom. The lowest BCUT2D eigenvalue weighted by molar-refractivity contribution is 0.651. The molecule has 2 aromatic carbocycles. The van der Waals surface area contributed by atoms with E-state index in [1.54, 1.807) is 0 Å². The van der Waals surface area contributed by atoms with E-state index < -0.39 is 0 Å². The van der Waals surface area contributed by atoms with Gasteiger partial charge >= 0.3 is 0 Å². The third-order valence-electron chi connectivity index (χ3n) is 4.94. The van der Waals surface area contributed by atoms with Gasteiger partial charge in [0.05, 0.1) is 0 Å². The second-order valence-corrected chi connectivity index (χ2v) is 8.60. The fourth-order valence-electron chi connectivity index (χ4n) is 3.66. The molecule has 1 atom stereocenters. The molecule has 140 valence electrons. The lowest BCUT2D eigenvalue weighted by Gasteiger charge is -2.32. The van der Waals surface area contributed by atoms with Crippen molar-refractivity contribution in [3.8, 4) is 6.19 Å². The Morgan fingerprint density at radius 2 is 1.71 bits per heavy atom. The molecule has 28 heavy (non-hydrogen) atoms. The SMILES string of the molecule is N#CNC1=NC(c2ccc(Br)cc2)C2=C(N1)C(=Cc1ccc(Br)cc1)CCC2. The van der Waals surface area contributed by atoms with Gasteiger partial charge in [-0.25, -0.2) is 4.99 Å². The summed E-state index contributed by atoms with van der Waals surface area (Å²) < 4.78 is 2.11. The lowest BCUT2D eigenvalue weighted by atomic mass is 9.84. The van der Waals surface area contributed by atoms with E-state index in [-0.39, 0.29) is 6.04 Å². The second-order valence-electron chi connectivity index (χ2n) is 6.77. The number of aliphatic imine (C=N–C) groups is 1. The number of hydrogen-bond acceptors (Lipinski definition) is 4. The number of benzene rings is 2. The minimum atomic E-state index is -0.0891. The smallest absolute Gasteiger partial charge is 0.210 e. The number of nitriles is 1. The third-order valence-corrected chi connectivity index (χ3v) is 5.99. The first kappa shape index (κ1) is 19.0. The molecule has 6 heteroatoms. The van der Waals surface area contributed by atoms with Crippen molar-refractivity contribution in [2.75, 3.05) is 0 Å². The highest BCUT2D eigenvalue weighted by atomic mass is 79.9. The first-order valence-corrected chi connectivity index (χ1v) is 10.7. The zero-order valence-corrected chi connectivity index (χ0v) is 18.2. The van der Waals surface area contributed by atoms with Crippen LogP contribution in [0.25, 0.3) is 6.08 Å². The third kappa shape index (κ3) is 4.06. The molecule has 4 rings (SSSR count). The van der Waals surface area contributed by atoms with Crippen molar-refractivity contribution in [1.82, 2.24) is 10.6 Å². The van der Waals surface area contributed by atoms with Crippen molar-refractivity contribution in [1.29, 1.82) is 5.26 Å². The number of allylic oxidation sites excluding steroid dienone is 1. The van der Waals surface area contributed by atoms with E-state index >= 15 is 0 Å². The van der Waals surface area contributed by atoms with Crippen LogP contribution in [0.15, 0.2) is 79.3 Å². The number of guanidine groups is 1. The van der Waals surface area contributed by atoms with Gasteiger partial charge in [0.2, 0.25) is 5.96 Å². The van der Waals surface area contributed by atoms with Crippen molar-refractivity contribution < 1.29 is 0 Å². The average molecular weight is 498 g/mol. The van der Waals surface area contributed by atoms with E-state index in [1.807, 2.05) is 30.5 Å². The maximum absolute atomic E-state index is 9.11. The Bertz CT molecular complexity index is 1010. The van der Waals surface area contributed by atoms with Crippen molar-refractivity contribution >= 4 is 43.9 Å². The highest BCUT2D eigenvalue weighted by Gasteiger charge is 2.29. The maximum Gasteiger partial charge on any atom is 0.210 e. The van der Waals surface area contributed by atoms with E-state index in [0.29, 0.717) is 5.96 Å². The summed E-state index contributed by atoms with van der Waals surface area (Å²) in [6.45, 7) is 0. The largest absolute Gasteiger partial charge is 0.325 e. The Labute approximate surface area is 181 Å². The first-order chi connectivity index (χ1) is 13.6. The second kappa shape index (κ2) is 8.34. The Kier molecular flexibility index (Phi) is 5.65. The molecular formula is C22H18Br2N4. The summed E-state index contributed by atoms with van der Waals surface area (Å²) in [5, 5.41) is 15.2. The van der Waals surface area contributed by atoms with Crippen LogP contribution in [0, 0.1) is 11.5 Å². The van der Waals surface area contributed by atoms with Gasteiger partial charge in [0.1, 0.15) is 6.04 Å². The highest BCUT2D eigenvalue weighted by Crippen LogP contribution is 2.40. The van der Waals surface area contributed by atoms with Gasteiger partial charge in [0.25, 0.3) is 0 Å². The molecule has 2 N–H and O–H groups in total. The summed E-state index contributed by atoms with van der Waals surface area (Å²) in [6.07, 6.45) is 7.29. The zero-order chi connectivity index (χ0) is 19.5. The molecule has 0 amide bonds. The van der Waals surface area contributed by atoms with Gasteiger partial charge in [0.15, 0.2) is 6.19 Å². The molecule has 2 aromatic rings. The van der Waals surface area contributed by atoms with Crippen LogP contribution in [-0.4, -0.2) is 5.96 Å². The van der Waals surface area contributed by atoms with Crippen molar-refractivity contribution in [3.63, 3.8) is 0 Å². The number of nitrogens with one attached hydrogen (secondary N) is 2. The molecule has 0 radical (unpaired) electrons. The van der Waals surface area contributed by atoms with Gasteiger partial charge in [0, 0.05) is 14.6 Å². The van der Waals surface area contributed by atoms with Crippen LogP contribution in [0.2, 0.25) is 0 Å². The summed E-state index contributed by atoms with van der Waals surface area (Å²) in [5.74, 6) is 0.498. The molecule has 0 saturated heterocycles. The van der Waals surface area contributed by atoms with Crippen LogP contribution in [0.5, 0.6) is 0 Å². The molecular weight excluding hydrogens is 480 g/mol. The predicted molar refractivity (Wildman–Crippen MR) is 119 cm³/mol. The summed E-state index contributed by atoms with van der Waals surface area (Å²) in [4.78, 5) is 4.77. The van der Waals surface area contributed by atoms with Gasteiger partial charge in [-0.15, -0.1) is 0 Å². The summed E-state index contributed by atoms with van der Waals surface area (Å²) >= 11 is 6.99. The molecule has 4 nitrogen and oxygen atoms in total. The molecule has 0 bridgehead atoms. The van der Waals surface area contributed by atoms with E-state index in [9.17, 15) is 0 Å². The summed E-state index contributed by atoms with van der Waals surface area (Å²) in [6, 6.07) is 16.5. The van der Waals surface area contributed by atoms with E-state index in [4.69, 9.17) is 10.3 Å². The minimum absolute atomic E-state index is 0.0891. The number of hydrogen-bond donors (Lipinski definition) is 2. The van der Waals surface area contributed by atoms with E-state index in [0.717, 1.165) is 45.0 Å². The first-order valence-electron chi connectivity index (χ1n) is 9.09. The van der Waals surface area contributed by atoms with Crippen LogP contribution in [0.4, 0.5) is 0 Å². The molecule has 1 aliphatic heterocycles. The van der Waals surface area contributed by atoms with Crippen molar-refractivity contribution in [2.45, 2.75) is 25.3 Å². The van der Waals surface area contributed by atoms with E-state index in [1.165, 1.54) is 11.1 Å². The van der Waals surface area contributed by atoms with Crippen molar-refractivity contribution in [2.24, 2.45) is 4.99 Å². The molecule has 1 unspecified atom stereocenters. The van der Waals surface area contributed by atoms with E-state index in [2.05, 4.69) is 72.8 Å². The standard InChI is InChI=1S/C22H18Br2N4/c23-17-8-4-14(5-9-17)12-16-2-1-3-19-20(15-6-10-18(24)11-7-15)27-22(26-13-25)28-21(16)19/h4-12,20H,1-3H2,(H2,26,27,28). The van der Waals surface area contributed by atoms with Crippen LogP contribution in [0.1, 0.15) is 36.4 Å². The van der Waals surface area contributed by atoms with Crippen LogP contribution >= 0.6 is 31.9 Å². The topological polar surface area (TPSA) is 60.2 Å². The minimum Gasteiger partial charge on any atom is -0.325 e. The number of halogens is 2. The normalized spacial score (nSPS) is 20.1. The summed E-state index contributed by atoms with van der Waals surface area (Å²) in [5.41, 5.74) is 5.90. The van der Waals surface area contributed by atoms with Gasteiger partial charge < -0.3 is 5.32 Å². The molecule has 2 aliphatic rings. The Hall–Kier alpha value is -2.36. The Balaban J connectivity index is 1.77. The molecule has 0 fully saturated rings. The fraction of sp³-hybridized carbons (Fsp3) is 0.182. The molecule has 0 spiro atoms. The quantitative estimate of drug-likeness (QED) is 0.407. The monoisotopic (exact) mass is 496 g/mol. The van der Waals surface area contributed by atoms with Gasteiger partial charge in [-0.1, -0.05) is 56.1 Å². The average Bonchev–Trinajstić information content (AvgIpc) is 2.70. The zero-order valence-electron chi connectivity index (χ0n) is 15.0. The summed E-state index contributed by atoms with van der Waals surface area (Å²) in [7, 11) is 0. The Morgan fingerprint density at radius 3 is 2.39 bits per heavy atom. The molecule has 0 saturated carbocycles. The van der Waals surface area contributed by atoms with Crippen LogP contribution in [-0.2, 0) is 0 Å². The van der Waals surface area contributed by atoms with Crippen LogP contribution < -0.4 is 10.6 Å². The highest BCUT2D eigenvalue weighted by molar-refractivity contribution is 9.10. The van der Waals surface area contributed by atoms with Crippen molar-refractivity contribution in [3.05, 3.63) is 85.4 Å². The van der Waals surface area contributed by atoms with Gasteiger partial charge in [-0.2, -0.15) is 5.26 Å². The fourth-order valence-corrected chi connectivity index (χ4v) is 4.19. The molecule has 1 heterocycles. The molecule has 0 aromatic heterocycles. The molecule has 1 aliphatic carbocycles. The van der Waals surface area contributed by atoms with Crippen LogP contribution in [0.3, 0.4) is 0 Å². The number of nitrogens with zero attached hydrogens (tertiary/aromatic N) is 2. The predicted octanol–water partition coefficient (Wildman–Crippen LogP) is 5.80.